The molecule has 0 spiro atoms. The standard InChI is InChI=1S/C21H24N4OS2/c1-13-23-20(19-16-5-4-6-17(16)28-21(19)24-13)27-12-18(26)22-11-14-7-9-15(10-8-14)25(2)3/h7-10H,4-6,11-12H2,1-3H3,(H,22,26). The molecule has 1 N–H and O–H groups in total. The lowest BCUT2D eigenvalue weighted by molar-refractivity contribution is -0.118. The zero-order valence-corrected chi connectivity index (χ0v) is 18.0. The summed E-state index contributed by atoms with van der Waals surface area (Å²) in [6.07, 6.45) is 3.46. The van der Waals surface area contributed by atoms with E-state index in [9.17, 15) is 4.79 Å². The summed E-state index contributed by atoms with van der Waals surface area (Å²) in [5.41, 5.74) is 3.65. The second kappa shape index (κ2) is 8.09. The van der Waals surface area contributed by atoms with Crippen LogP contribution in [0.3, 0.4) is 0 Å². The normalized spacial score (nSPS) is 13.0. The maximum Gasteiger partial charge on any atom is 0.230 e. The first-order chi connectivity index (χ1) is 13.5. The number of carbonyl (C=O) groups is 1. The van der Waals surface area contributed by atoms with E-state index in [1.54, 1.807) is 11.3 Å². The number of benzene rings is 1. The highest BCUT2D eigenvalue weighted by Gasteiger charge is 2.22. The molecule has 28 heavy (non-hydrogen) atoms. The largest absolute Gasteiger partial charge is 0.378 e. The molecule has 5 nitrogen and oxygen atoms in total. The van der Waals surface area contributed by atoms with Gasteiger partial charge in [0.1, 0.15) is 15.7 Å². The molecule has 0 radical (unpaired) electrons. The Kier molecular flexibility index (Phi) is 5.55. The van der Waals surface area contributed by atoms with E-state index in [-0.39, 0.29) is 5.91 Å². The summed E-state index contributed by atoms with van der Waals surface area (Å²) in [6.45, 7) is 2.46. The molecule has 0 bridgehead atoms. The van der Waals surface area contributed by atoms with Gasteiger partial charge in [-0.1, -0.05) is 23.9 Å². The van der Waals surface area contributed by atoms with Crippen molar-refractivity contribution in [1.29, 1.82) is 0 Å². The van der Waals surface area contributed by atoms with Crippen molar-refractivity contribution in [3.8, 4) is 0 Å². The zero-order chi connectivity index (χ0) is 19.7. The van der Waals surface area contributed by atoms with Crippen LogP contribution < -0.4 is 10.2 Å². The van der Waals surface area contributed by atoms with E-state index in [4.69, 9.17) is 0 Å². The van der Waals surface area contributed by atoms with Gasteiger partial charge in [0.2, 0.25) is 5.91 Å². The van der Waals surface area contributed by atoms with E-state index < -0.39 is 0 Å². The monoisotopic (exact) mass is 412 g/mol. The van der Waals surface area contributed by atoms with Crippen LogP contribution in [0, 0.1) is 6.92 Å². The van der Waals surface area contributed by atoms with E-state index in [2.05, 4.69) is 44.5 Å². The summed E-state index contributed by atoms with van der Waals surface area (Å²) in [5, 5.41) is 5.14. The number of aryl methyl sites for hydroxylation is 3. The van der Waals surface area contributed by atoms with E-state index >= 15 is 0 Å². The van der Waals surface area contributed by atoms with Crippen LogP contribution >= 0.6 is 23.1 Å². The minimum absolute atomic E-state index is 0.0259. The molecule has 7 heteroatoms. The van der Waals surface area contributed by atoms with Gasteiger partial charge in [-0.25, -0.2) is 9.97 Å². The number of anilines is 1. The molecule has 1 aliphatic rings. The van der Waals surface area contributed by atoms with Crippen LogP contribution in [-0.4, -0.2) is 35.7 Å². The highest BCUT2D eigenvalue weighted by atomic mass is 32.2. The van der Waals surface area contributed by atoms with Crippen molar-refractivity contribution in [2.45, 2.75) is 37.8 Å². The van der Waals surface area contributed by atoms with Crippen LogP contribution in [0.4, 0.5) is 5.69 Å². The second-order valence-corrected chi connectivity index (χ2v) is 9.29. The summed E-state index contributed by atoms with van der Waals surface area (Å²) in [4.78, 5) is 26.2. The van der Waals surface area contributed by atoms with Crippen molar-refractivity contribution in [3.63, 3.8) is 0 Å². The number of hydrogen-bond acceptors (Lipinski definition) is 6. The number of hydrogen-bond donors (Lipinski definition) is 1. The number of amides is 1. The van der Waals surface area contributed by atoms with Crippen LogP contribution in [0.25, 0.3) is 10.2 Å². The molecule has 2 aromatic heterocycles. The highest BCUT2D eigenvalue weighted by Crippen LogP contribution is 2.40. The average molecular weight is 413 g/mol. The van der Waals surface area contributed by atoms with Gasteiger partial charge in [0.05, 0.1) is 5.75 Å². The fourth-order valence-electron chi connectivity index (χ4n) is 3.47. The Morgan fingerprint density at radius 3 is 2.75 bits per heavy atom. The summed E-state index contributed by atoms with van der Waals surface area (Å²) in [6, 6.07) is 8.23. The molecule has 4 rings (SSSR count). The SMILES string of the molecule is Cc1nc(SCC(=O)NCc2ccc(N(C)C)cc2)c2c3c(sc2n1)CCC3. The van der Waals surface area contributed by atoms with Gasteiger partial charge < -0.3 is 10.2 Å². The zero-order valence-electron chi connectivity index (χ0n) is 16.4. The van der Waals surface area contributed by atoms with Gasteiger partial charge >= 0.3 is 0 Å². The Morgan fingerprint density at radius 2 is 2.00 bits per heavy atom. The molecule has 0 unspecified atom stereocenters. The van der Waals surface area contributed by atoms with Crippen LogP contribution in [0.1, 0.15) is 28.2 Å². The Morgan fingerprint density at radius 1 is 1.21 bits per heavy atom. The fourth-order valence-corrected chi connectivity index (χ4v) is 5.77. The van der Waals surface area contributed by atoms with Gasteiger partial charge in [0.25, 0.3) is 0 Å². The highest BCUT2D eigenvalue weighted by molar-refractivity contribution is 8.00. The van der Waals surface area contributed by atoms with Crippen LogP contribution in [0.2, 0.25) is 0 Å². The van der Waals surface area contributed by atoms with Gasteiger partial charge in [0, 0.05) is 36.6 Å². The number of thioether (sulfide) groups is 1. The Labute approximate surface area is 173 Å². The third kappa shape index (κ3) is 4.00. The first kappa shape index (κ1) is 19.2. The third-order valence-corrected chi connectivity index (χ3v) is 7.09. The predicted octanol–water partition coefficient (Wildman–Crippen LogP) is 3.96. The lowest BCUT2D eigenvalue weighted by Crippen LogP contribution is -2.24. The molecular weight excluding hydrogens is 388 g/mol. The van der Waals surface area contributed by atoms with Crippen LogP contribution in [-0.2, 0) is 24.2 Å². The number of nitrogens with one attached hydrogen (secondary N) is 1. The van der Waals surface area contributed by atoms with Crippen molar-refractivity contribution in [3.05, 3.63) is 46.1 Å². The van der Waals surface area contributed by atoms with Gasteiger partial charge in [-0.15, -0.1) is 11.3 Å². The lowest BCUT2D eigenvalue weighted by atomic mass is 10.2. The number of aromatic nitrogens is 2. The molecule has 0 saturated carbocycles. The second-order valence-electron chi connectivity index (χ2n) is 7.24. The van der Waals surface area contributed by atoms with Crippen LogP contribution in [0.15, 0.2) is 29.3 Å². The van der Waals surface area contributed by atoms with Gasteiger partial charge in [-0.05, 0) is 49.4 Å². The Bertz CT molecular complexity index is 1010. The van der Waals surface area contributed by atoms with E-state index in [0.717, 1.165) is 39.8 Å². The maximum atomic E-state index is 12.4. The Hall–Kier alpha value is -2.12. The van der Waals surface area contributed by atoms with Gasteiger partial charge in [-0.3, -0.25) is 4.79 Å². The van der Waals surface area contributed by atoms with E-state index in [1.165, 1.54) is 34.0 Å². The molecule has 0 atom stereocenters. The number of nitrogens with zero attached hydrogens (tertiary/aromatic N) is 3. The summed E-state index contributed by atoms with van der Waals surface area (Å²) < 4.78 is 0. The predicted molar refractivity (Wildman–Crippen MR) is 118 cm³/mol. The molecule has 1 aliphatic carbocycles. The molecule has 0 aliphatic heterocycles. The third-order valence-electron chi connectivity index (χ3n) is 4.93. The molecule has 2 heterocycles. The molecule has 0 fully saturated rings. The van der Waals surface area contributed by atoms with Gasteiger partial charge in [0.15, 0.2) is 0 Å². The maximum absolute atomic E-state index is 12.4. The number of rotatable bonds is 6. The minimum Gasteiger partial charge on any atom is -0.378 e. The van der Waals surface area contributed by atoms with Gasteiger partial charge in [-0.2, -0.15) is 0 Å². The van der Waals surface area contributed by atoms with Crippen molar-refractivity contribution in [2.75, 3.05) is 24.7 Å². The summed E-state index contributed by atoms with van der Waals surface area (Å²) in [5.74, 6) is 1.17. The number of carbonyl (C=O) groups excluding carboxylic acids is 1. The minimum atomic E-state index is 0.0259. The number of fused-ring (bicyclic) bond motifs is 3. The average Bonchev–Trinajstić information content (AvgIpc) is 3.25. The fraction of sp³-hybridized carbons (Fsp3) is 0.381. The summed E-state index contributed by atoms with van der Waals surface area (Å²) >= 11 is 3.31. The first-order valence-electron chi connectivity index (χ1n) is 9.46. The van der Waals surface area contributed by atoms with Crippen molar-refractivity contribution < 1.29 is 4.79 Å². The molecule has 1 amide bonds. The Balaban J connectivity index is 1.40. The van der Waals surface area contributed by atoms with Crippen molar-refractivity contribution in [1.82, 2.24) is 15.3 Å². The molecule has 1 aromatic carbocycles. The molecule has 0 saturated heterocycles. The molecule has 146 valence electrons. The number of thiophene rings is 1. The van der Waals surface area contributed by atoms with E-state index in [0.29, 0.717) is 12.3 Å². The molecule has 3 aromatic rings. The summed E-state index contributed by atoms with van der Waals surface area (Å²) in [7, 11) is 4.03. The van der Waals surface area contributed by atoms with Crippen molar-refractivity contribution in [2.24, 2.45) is 0 Å². The topological polar surface area (TPSA) is 58.1 Å². The van der Waals surface area contributed by atoms with Crippen LogP contribution in [0.5, 0.6) is 0 Å². The lowest BCUT2D eigenvalue weighted by Gasteiger charge is -2.13. The quantitative estimate of drug-likeness (QED) is 0.490. The van der Waals surface area contributed by atoms with Crippen molar-refractivity contribution >= 4 is 44.9 Å². The molecular formula is C21H24N4OS2. The van der Waals surface area contributed by atoms with E-state index in [1.807, 2.05) is 21.0 Å². The first-order valence-corrected chi connectivity index (χ1v) is 11.3. The smallest absolute Gasteiger partial charge is 0.230 e.